The average Bonchev–Trinajstić information content (AvgIpc) is 2.16. The third-order valence-corrected chi connectivity index (χ3v) is 2.85. The molecule has 0 aliphatic heterocycles. The average molecular weight is 243 g/mol. The van der Waals surface area contributed by atoms with Gasteiger partial charge in [-0.25, -0.2) is 4.79 Å². The second-order valence-corrected chi connectivity index (χ2v) is 4.86. The number of hydrogen-bond acceptors (Lipinski definition) is 2. The first-order chi connectivity index (χ1) is 7.73. The molecule has 5 nitrogen and oxygen atoms in total. The third kappa shape index (κ3) is 3.91. The molecular formula is C12H25N3O2. The maximum atomic E-state index is 12.2. The lowest BCUT2D eigenvalue weighted by atomic mass is 10.0. The summed E-state index contributed by atoms with van der Waals surface area (Å²) in [5.41, 5.74) is 5.34. The van der Waals surface area contributed by atoms with E-state index in [1.807, 2.05) is 34.6 Å². The molecule has 0 saturated carbocycles. The third-order valence-electron chi connectivity index (χ3n) is 2.85. The van der Waals surface area contributed by atoms with E-state index in [1.54, 1.807) is 11.9 Å². The van der Waals surface area contributed by atoms with Gasteiger partial charge in [0.1, 0.15) is 6.04 Å². The topological polar surface area (TPSA) is 66.6 Å². The number of carbonyl (C=O) groups is 2. The van der Waals surface area contributed by atoms with Crippen LogP contribution in [0.25, 0.3) is 0 Å². The van der Waals surface area contributed by atoms with Gasteiger partial charge in [0.05, 0.1) is 0 Å². The SMILES string of the molecule is CCN(C(=O)N(C)[C@H](C(N)=O)C(C)C)C(C)C. The molecule has 0 aliphatic carbocycles. The van der Waals surface area contributed by atoms with Gasteiger partial charge in [-0.05, 0) is 26.7 Å². The number of primary amides is 1. The highest BCUT2D eigenvalue weighted by molar-refractivity contribution is 5.86. The molecule has 2 N–H and O–H groups in total. The molecule has 0 aromatic rings. The molecule has 0 unspecified atom stereocenters. The van der Waals surface area contributed by atoms with Gasteiger partial charge in [-0.3, -0.25) is 4.79 Å². The van der Waals surface area contributed by atoms with Crippen molar-refractivity contribution in [3.63, 3.8) is 0 Å². The van der Waals surface area contributed by atoms with Gasteiger partial charge in [-0.2, -0.15) is 0 Å². The molecule has 0 fully saturated rings. The number of hydrogen-bond donors (Lipinski definition) is 1. The molecule has 0 aromatic heterocycles. The van der Waals surface area contributed by atoms with Crippen molar-refractivity contribution in [3.05, 3.63) is 0 Å². The molecule has 0 radical (unpaired) electrons. The predicted octanol–water partition coefficient (Wildman–Crippen LogP) is 1.28. The van der Waals surface area contributed by atoms with Gasteiger partial charge < -0.3 is 15.5 Å². The molecule has 5 heteroatoms. The Morgan fingerprint density at radius 3 is 1.88 bits per heavy atom. The molecule has 17 heavy (non-hydrogen) atoms. The van der Waals surface area contributed by atoms with Crippen LogP contribution >= 0.6 is 0 Å². The van der Waals surface area contributed by atoms with Gasteiger partial charge in [0.15, 0.2) is 0 Å². The van der Waals surface area contributed by atoms with E-state index in [4.69, 9.17) is 5.73 Å². The summed E-state index contributed by atoms with van der Waals surface area (Å²) in [5, 5.41) is 0. The van der Waals surface area contributed by atoms with Crippen LogP contribution in [-0.4, -0.2) is 47.4 Å². The van der Waals surface area contributed by atoms with Crippen molar-refractivity contribution in [2.45, 2.75) is 46.7 Å². The molecule has 0 rings (SSSR count). The van der Waals surface area contributed by atoms with Crippen molar-refractivity contribution in [3.8, 4) is 0 Å². The van der Waals surface area contributed by atoms with Crippen LogP contribution in [0.5, 0.6) is 0 Å². The minimum Gasteiger partial charge on any atom is -0.368 e. The van der Waals surface area contributed by atoms with Crippen molar-refractivity contribution < 1.29 is 9.59 Å². The van der Waals surface area contributed by atoms with Crippen molar-refractivity contribution in [1.29, 1.82) is 0 Å². The highest BCUT2D eigenvalue weighted by Gasteiger charge is 2.30. The minimum absolute atomic E-state index is 0.00678. The molecule has 0 aliphatic rings. The van der Waals surface area contributed by atoms with Crippen LogP contribution in [-0.2, 0) is 4.79 Å². The Bertz CT molecular complexity index is 277. The fourth-order valence-electron chi connectivity index (χ4n) is 2.01. The number of nitrogens with zero attached hydrogens (tertiary/aromatic N) is 2. The van der Waals surface area contributed by atoms with Gasteiger partial charge in [-0.1, -0.05) is 13.8 Å². The molecule has 0 aromatic carbocycles. The summed E-state index contributed by atoms with van der Waals surface area (Å²) in [6, 6.07) is -0.606. The quantitative estimate of drug-likeness (QED) is 0.790. The lowest BCUT2D eigenvalue weighted by molar-refractivity contribution is -0.123. The van der Waals surface area contributed by atoms with Crippen LogP contribution < -0.4 is 5.73 Å². The van der Waals surface area contributed by atoms with Crippen LogP contribution in [0.3, 0.4) is 0 Å². The van der Waals surface area contributed by atoms with Crippen LogP contribution in [0.15, 0.2) is 0 Å². The number of likely N-dealkylation sites (N-methyl/N-ethyl adjacent to an activating group) is 1. The first-order valence-electron chi connectivity index (χ1n) is 6.06. The summed E-state index contributed by atoms with van der Waals surface area (Å²) >= 11 is 0. The smallest absolute Gasteiger partial charge is 0.320 e. The Hall–Kier alpha value is -1.26. The van der Waals surface area contributed by atoms with Gasteiger partial charge in [0.25, 0.3) is 0 Å². The number of nitrogens with two attached hydrogens (primary N) is 1. The van der Waals surface area contributed by atoms with Crippen molar-refractivity contribution >= 4 is 11.9 Å². The van der Waals surface area contributed by atoms with Crippen LogP contribution in [0.1, 0.15) is 34.6 Å². The Morgan fingerprint density at radius 2 is 1.65 bits per heavy atom. The maximum Gasteiger partial charge on any atom is 0.320 e. The van der Waals surface area contributed by atoms with E-state index in [0.717, 1.165) is 0 Å². The maximum absolute atomic E-state index is 12.2. The van der Waals surface area contributed by atoms with Crippen molar-refractivity contribution in [1.82, 2.24) is 9.80 Å². The highest BCUT2D eigenvalue weighted by Crippen LogP contribution is 2.12. The Balaban J connectivity index is 4.94. The fourth-order valence-corrected chi connectivity index (χ4v) is 2.01. The number of amides is 3. The van der Waals surface area contributed by atoms with E-state index >= 15 is 0 Å². The van der Waals surface area contributed by atoms with E-state index in [2.05, 4.69) is 0 Å². The van der Waals surface area contributed by atoms with Crippen LogP contribution in [0, 0.1) is 5.92 Å². The lowest BCUT2D eigenvalue weighted by Crippen LogP contribution is -2.54. The number of carbonyl (C=O) groups excluding carboxylic acids is 2. The van der Waals surface area contributed by atoms with E-state index in [1.165, 1.54) is 4.90 Å². The van der Waals surface area contributed by atoms with Crippen molar-refractivity contribution in [2.24, 2.45) is 11.7 Å². The van der Waals surface area contributed by atoms with Crippen LogP contribution in [0.2, 0.25) is 0 Å². The molecule has 100 valence electrons. The molecule has 1 atom stereocenters. The zero-order valence-electron chi connectivity index (χ0n) is 11.7. The standard InChI is InChI=1S/C12H25N3O2/c1-7-15(9(4)5)12(17)14(6)10(8(2)3)11(13)16/h8-10H,7H2,1-6H3,(H2,13,16)/t10-/m0/s1. The lowest BCUT2D eigenvalue weighted by Gasteiger charge is -2.35. The summed E-state index contributed by atoms with van der Waals surface area (Å²) in [4.78, 5) is 26.7. The van der Waals surface area contributed by atoms with Crippen molar-refractivity contribution in [2.75, 3.05) is 13.6 Å². The molecule has 0 bridgehead atoms. The summed E-state index contributed by atoms with van der Waals surface area (Å²) in [6.45, 7) is 10.2. The van der Waals surface area contributed by atoms with E-state index in [0.29, 0.717) is 6.54 Å². The summed E-state index contributed by atoms with van der Waals surface area (Å²) in [6.07, 6.45) is 0. The fraction of sp³-hybridized carbons (Fsp3) is 0.833. The van der Waals surface area contributed by atoms with Gasteiger partial charge in [0, 0.05) is 19.6 Å². The second kappa shape index (κ2) is 6.47. The minimum atomic E-state index is -0.560. The van der Waals surface area contributed by atoms with Crippen LogP contribution in [0.4, 0.5) is 4.79 Å². The predicted molar refractivity (Wildman–Crippen MR) is 68.5 cm³/mol. The molecule has 0 saturated heterocycles. The Morgan fingerprint density at radius 1 is 1.18 bits per heavy atom. The van der Waals surface area contributed by atoms with Gasteiger partial charge in [-0.15, -0.1) is 0 Å². The zero-order valence-corrected chi connectivity index (χ0v) is 11.7. The number of urea groups is 1. The molecule has 0 heterocycles. The summed E-state index contributed by atoms with van der Waals surface area (Å²) < 4.78 is 0. The summed E-state index contributed by atoms with van der Waals surface area (Å²) in [5.74, 6) is -0.456. The first kappa shape index (κ1) is 15.7. The van der Waals surface area contributed by atoms with E-state index in [9.17, 15) is 9.59 Å². The normalized spacial score (nSPS) is 12.7. The van der Waals surface area contributed by atoms with Gasteiger partial charge in [0.2, 0.25) is 5.91 Å². The molecule has 0 spiro atoms. The molecule has 3 amide bonds. The highest BCUT2D eigenvalue weighted by atomic mass is 16.2. The Labute approximate surface area is 104 Å². The monoisotopic (exact) mass is 243 g/mol. The summed E-state index contributed by atoms with van der Waals surface area (Å²) in [7, 11) is 1.63. The zero-order chi connectivity index (χ0) is 13.7. The first-order valence-corrected chi connectivity index (χ1v) is 6.06. The molecular weight excluding hydrogens is 218 g/mol. The number of rotatable bonds is 5. The largest absolute Gasteiger partial charge is 0.368 e. The second-order valence-electron chi connectivity index (χ2n) is 4.86. The van der Waals surface area contributed by atoms with Gasteiger partial charge >= 0.3 is 6.03 Å². The van der Waals surface area contributed by atoms with E-state index < -0.39 is 11.9 Å². The van der Waals surface area contributed by atoms with E-state index in [-0.39, 0.29) is 18.0 Å². The Kier molecular flexibility index (Phi) is 5.99.